The predicted octanol–water partition coefficient (Wildman–Crippen LogP) is 4.52. The highest BCUT2D eigenvalue weighted by molar-refractivity contribution is 7.99. The van der Waals surface area contributed by atoms with E-state index >= 15 is 0 Å². The van der Waals surface area contributed by atoms with Crippen LogP contribution in [0.25, 0.3) is 0 Å². The van der Waals surface area contributed by atoms with E-state index in [1.807, 2.05) is 48.5 Å². The summed E-state index contributed by atoms with van der Waals surface area (Å²) in [6, 6.07) is 15.6. The van der Waals surface area contributed by atoms with Gasteiger partial charge in [0.05, 0.1) is 5.69 Å². The summed E-state index contributed by atoms with van der Waals surface area (Å²) in [7, 11) is 0. The van der Waals surface area contributed by atoms with Crippen molar-refractivity contribution in [3.63, 3.8) is 0 Å². The number of carbonyl (C=O) groups excluding carboxylic acids is 1. The van der Waals surface area contributed by atoms with Crippen LogP contribution in [-0.4, -0.2) is 5.91 Å². The average Bonchev–Trinajstić information content (AvgIpc) is 2.57. The van der Waals surface area contributed by atoms with E-state index in [9.17, 15) is 4.79 Å². The molecule has 96 valence electrons. The number of hydrogen-bond acceptors (Lipinski definition) is 2. The summed E-state index contributed by atoms with van der Waals surface area (Å²) in [5, 5.41) is 3.79. The average molecular weight is 290 g/mol. The van der Waals surface area contributed by atoms with Gasteiger partial charge in [-0.05, 0) is 29.8 Å². The van der Waals surface area contributed by atoms with Gasteiger partial charge in [0.25, 0.3) is 0 Å². The summed E-state index contributed by atoms with van der Waals surface area (Å²) in [6.45, 7) is 0. The molecule has 0 aromatic heterocycles. The number of rotatable bonds is 1. The second-order valence-corrected chi connectivity index (χ2v) is 6.09. The molecule has 2 nitrogen and oxygen atoms in total. The highest BCUT2D eigenvalue weighted by Crippen LogP contribution is 2.43. The third-order valence-electron chi connectivity index (χ3n) is 3.04. The van der Waals surface area contributed by atoms with Crippen LogP contribution in [0.3, 0.4) is 0 Å². The number of amides is 1. The zero-order chi connectivity index (χ0) is 13.2. The number of carbonyl (C=O) groups is 1. The molecule has 1 aliphatic heterocycles. The fourth-order valence-corrected chi connectivity index (χ4v) is 3.46. The summed E-state index contributed by atoms with van der Waals surface area (Å²) >= 11 is 7.62. The summed E-state index contributed by atoms with van der Waals surface area (Å²) < 4.78 is 0. The Kier molecular flexibility index (Phi) is 3.49. The molecule has 0 aliphatic carbocycles. The second kappa shape index (κ2) is 5.27. The van der Waals surface area contributed by atoms with Gasteiger partial charge < -0.3 is 5.32 Å². The van der Waals surface area contributed by atoms with Crippen molar-refractivity contribution in [2.75, 3.05) is 5.32 Å². The third-order valence-corrected chi connectivity index (χ3v) is 4.63. The molecule has 0 saturated heterocycles. The largest absolute Gasteiger partial charge is 0.325 e. The van der Waals surface area contributed by atoms with E-state index in [0.29, 0.717) is 11.4 Å². The lowest BCUT2D eigenvalue weighted by Gasteiger charge is -2.13. The van der Waals surface area contributed by atoms with Gasteiger partial charge in [-0.2, -0.15) is 0 Å². The van der Waals surface area contributed by atoms with Gasteiger partial charge in [-0.1, -0.05) is 35.9 Å². The van der Waals surface area contributed by atoms with E-state index in [1.54, 1.807) is 11.8 Å². The Morgan fingerprint density at radius 3 is 2.63 bits per heavy atom. The molecule has 1 heterocycles. The van der Waals surface area contributed by atoms with Crippen LogP contribution in [0.4, 0.5) is 5.69 Å². The topological polar surface area (TPSA) is 29.1 Å². The van der Waals surface area contributed by atoms with Crippen LogP contribution in [0.15, 0.2) is 53.4 Å². The van der Waals surface area contributed by atoms with Crippen LogP contribution in [0, 0.1) is 0 Å². The van der Waals surface area contributed by atoms with Crippen molar-refractivity contribution in [3.8, 4) is 0 Å². The smallest absolute Gasteiger partial charge is 0.225 e. The lowest BCUT2D eigenvalue weighted by molar-refractivity contribution is -0.116. The summed E-state index contributed by atoms with van der Waals surface area (Å²) in [5.74, 6) is 0.0531. The highest BCUT2D eigenvalue weighted by Gasteiger charge is 2.23. The van der Waals surface area contributed by atoms with E-state index < -0.39 is 0 Å². The SMILES string of the molecule is O=C1C[C@@H](c2ccc(Cl)cc2)Sc2ccccc2N1. The molecule has 4 heteroatoms. The first-order valence-corrected chi connectivity index (χ1v) is 7.29. The number of halogens is 1. The van der Waals surface area contributed by atoms with Crippen molar-refractivity contribution in [2.45, 2.75) is 16.6 Å². The van der Waals surface area contributed by atoms with Gasteiger partial charge in [-0.15, -0.1) is 11.8 Å². The Labute approximate surface area is 121 Å². The van der Waals surface area contributed by atoms with Crippen molar-refractivity contribution in [2.24, 2.45) is 0 Å². The van der Waals surface area contributed by atoms with E-state index in [0.717, 1.165) is 16.1 Å². The van der Waals surface area contributed by atoms with Gasteiger partial charge in [0.15, 0.2) is 0 Å². The van der Waals surface area contributed by atoms with Crippen molar-refractivity contribution >= 4 is 35.0 Å². The number of anilines is 1. The summed E-state index contributed by atoms with van der Waals surface area (Å²) in [5.41, 5.74) is 2.02. The summed E-state index contributed by atoms with van der Waals surface area (Å²) in [4.78, 5) is 13.1. The molecule has 2 aromatic carbocycles. The fourth-order valence-electron chi connectivity index (χ4n) is 2.10. The van der Waals surface area contributed by atoms with Gasteiger partial charge in [0, 0.05) is 21.6 Å². The van der Waals surface area contributed by atoms with E-state index in [2.05, 4.69) is 5.32 Å². The second-order valence-electron chi connectivity index (χ2n) is 4.41. The first-order chi connectivity index (χ1) is 9.22. The van der Waals surface area contributed by atoms with Crippen LogP contribution in [-0.2, 0) is 4.79 Å². The maximum Gasteiger partial charge on any atom is 0.225 e. The van der Waals surface area contributed by atoms with Crippen molar-refractivity contribution in [1.29, 1.82) is 0 Å². The Balaban J connectivity index is 1.95. The number of nitrogens with one attached hydrogen (secondary N) is 1. The number of fused-ring (bicyclic) bond motifs is 1. The first-order valence-electron chi connectivity index (χ1n) is 6.03. The quantitative estimate of drug-likeness (QED) is 0.836. The first kappa shape index (κ1) is 12.6. The number of thioether (sulfide) groups is 1. The Bertz CT molecular complexity index is 612. The number of para-hydroxylation sites is 1. The molecule has 0 radical (unpaired) electrons. The minimum absolute atomic E-state index is 0.0531. The molecule has 1 amide bonds. The zero-order valence-corrected chi connectivity index (χ0v) is 11.7. The monoisotopic (exact) mass is 289 g/mol. The zero-order valence-electron chi connectivity index (χ0n) is 10.1. The van der Waals surface area contributed by atoms with Crippen molar-refractivity contribution in [1.82, 2.24) is 0 Å². The summed E-state index contributed by atoms with van der Waals surface area (Å²) in [6.07, 6.45) is 0.473. The van der Waals surface area contributed by atoms with Crippen LogP contribution in [0.1, 0.15) is 17.2 Å². The van der Waals surface area contributed by atoms with Crippen molar-refractivity contribution in [3.05, 3.63) is 59.1 Å². The van der Waals surface area contributed by atoms with Crippen LogP contribution in [0.2, 0.25) is 5.02 Å². The van der Waals surface area contributed by atoms with Gasteiger partial charge in [-0.25, -0.2) is 0 Å². The van der Waals surface area contributed by atoms with Crippen molar-refractivity contribution < 1.29 is 4.79 Å². The standard InChI is InChI=1S/C15H12ClNOS/c16-11-7-5-10(6-8-11)14-9-15(18)17-12-3-1-2-4-13(12)19-14/h1-8,14H,9H2,(H,17,18)/t14-/m0/s1. The molecule has 0 unspecified atom stereocenters. The molecule has 0 saturated carbocycles. The molecular formula is C15H12ClNOS. The molecular weight excluding hydrogens is 278 g/mol. The molecule has 3 rings (SSSR count). The van der Waals surface area contributed by atoms with E-state index in [4.69, 9.17) is 11.6 Å². The lowest BCUT2D eigenvalue weighted by Crippen LogP contribution is -2.11. The Morgan fingerprint density at radius 2 is 1.84 bits per heavy atom. The Morgan fingerprint density at radius 1 is 1.11 bits per heavy atom. The van der Waals surface area contributed by atoms with Gasteiger partial charge in [0.2, 0.25) is 5.91 Å². The maximum absolute atomic E-state index is 11.9. The van der Waals surface area contributed by atoms with Crippen LogP contribution < -0.4 is 5.32 Å². The molecule has 19 heavy (non-hydrogen) atoms. The minimum Gasteiger partial charge on any atom is -0.325 e. The molecule has 0 bridgehead atoms. The third kappa shape index (κ3) is 2.77. The minimum atomic E-state index is 0.0531. The fraction of sp³-hybridized carbons (Fsp3) is 0.133. The Hall–Kier alpha value is -1.45. The molecule has 1 aliphatic rings. The normalized spacial score (nSPS) is 18.4. The van der Waals surface area contributed by atoms with E-state index in [1.165, 1.54) is 0 Å². The van der Waals surface area contributed by atoms with E-state index in [-0.39, 0.29) is 11.2 Å². The number of hydrogen-bond donors (Lipinski definition) is 1. The van der Waals surface area contributed by atoms with Crippen LogP contribution in [0.5, 0.6) is 0 Å². The van der Waals surface area contributed by atoms with Gasteiger partial charge in [-0.3, -0.25) is 4.79 Å². The highest BCUT2D eigenvalue weighted by atomic mass is 35.5. The molecule has 0 fully saturated rings. The lowest BCUT2D eigenvalue weighted by atomic mass is 10.1. The molecule has 1 N–H and O–H groups in total. The number of benzene rings is 2. The van der Waals surface area contributed by atoms with Gasteiger partial charge in [0.1, 0.15) is 0 Å². The molecule has 0 spiro atoms. The maximum atomic E-state index is 11.9. The van der Waals surface area contributed by atoms with Gasteiger partial charge >= 0.3 is 0 Å². The molecule has 1 atom stereocenters. The molecule has 2 aromatic rings. The van der Waals surface area contributed by atoms with Crippen LogP contribution >= 0.6 is 23.4 Å². The predicted molar refractivity (Wildman–Crippen MR) is 79.7 cm³/mol.